The Labute approximate surface area is 127 Å². The molecule has 2 atom stereocenters. The fraction of sp³-hybridized carbons (Fsp3) is 0.429. The summed E-state index contributed by atoms with van der Waals surface area (Å²) in [4.78, 5) is 25.0. The highest BCUT2D eigenvalue weighted by Crippen LogP contribution is 2.23. The van der Waals surface area contributed by atoms with E-state index in [1.807, 2.05) is 6.92 Å². The van der Waals surface area contributed by atoms with Crippen molar-refractivity contribution in [2.75, 3.05) is 18.4 Å². The summed E-state index contributed by atoms with van der Waals surface area (Å²) in [7, 11) is 0. The highest BCUT2D eigenvalue weighted by molar-refractivity contribution is 6.31. The van der Waals surface area contributed by atoms with E-state index in [0.717, 1.165) is 5.56 Å². The summed E-state index contributed by atoms with van der Waals surface area (Å²) in [6, 6.07) is 4.64. The van der Waals surface area contributed by atoms with Crippen LogP contribution in [0.25, 0.3) is 0 Å². The maximum absolute atomic E-state index is 12.1. The third-order valence-corrected chi connectivity index (χ3v) is 4.01. The second-order valence-corrected chi connectivity index (χ2v) is 5.60. The number of likely N-dealkylation sites (tertiary alicyclic amines) is 1. The predicted octanol–water partition coefficient (Wildman–Crippen LogP) is 0.507. The van der Waals surface area contributed by atoms with Crippen molar-refractivity contribution in [2.24, 2.45) is 5.73 Å². The van der Waals surface area contributed by atoms with Crippen LogP contribution in [0.5, 0.6) is 0 Å². The summed E-state index contributed by atoms with van der Waals surface area (Å²) in [5.74, 6) is -0.806. The molecule has 0 spiro atoms. The van der Waals surface area contributed by atoms with Gasteiger partial charge in [0, 0.05) is 17.3 Å². The van der Waals surface area contributed by atoms with Crippen molar-refractivity contribution in [1.82, 2.24) is 4.90 Å². The number of carbonyl (C=O) groups excluding carboxylic acids is 2. The summed E-state index contributed by atoms with van der Waals surface area (Å²) in [6.45, 7) is 2.07. The highest BCUT2D eigenvalue weighted by atomic mass is 35.5. The van der Waals surface area contributed by atoms with E-state index in [9.17, 15) is 14.7 Å². The van der Waals surface area contributed by atoms with E-state index >= 15 is 0 Å². The molecule has 0 aliphatic carbocycles. The zero-order chi connectivity index (χ0) is 15.6. The molecule has 0 radical (unpaired) electrons. The molecule has 6 nitrogen and oxygen atoms in total. The number of anilines is 1. The van der Waals surface area contributed by atoms with Gasteiger partial charge in [0.2, 0.25) is 11.8 Å². The highest BCUT2D eigenvalue weighted by Gasteiger charge is 2.35. The molecule has 0 aromatic heterocycles. The molecule has 4 N–H and O–H groups in total. The fourth-order valence-corrected chi connectivity index (χ4v) is 2.64. The molecule has 0 bridgehead atoms. The van der Waals surface area contributed by atoms with Gasteiger partial charge in [-0.1, -0.05) is 17.7 Å². The molecular formula is C14H18ClN3O3. The number of primary amides is 1. The number of hydrogen-bond acceptors (Lipinski definition) is 4. The molecule has 1 aromatic carbocycles. The molecule has 21 heavy (non-hydrogen) atoms. The van der Waals surface area contributed by atoms with Crippen molar-refractivity contribution >= 4 is 29.1 Å². The van der Waals surface area contributed by atoms with Gasteiger partial charge in [0.1, 0.15) is 0 Å². The van der Waals surface area contributed by atoms with E-state index in [1.54, 1.807) is 23.1 Å². The van der Waals surface area contributed by atoms with Gasteiger partial charge in [-0.25, -0.2) is 0 Å². The van der Waals surface area contributed by atoms with Gasteiger partial charge in [-0.3, -0.25) is 14.5 Å². The Balaban J connectivity index is 2.01. The number of aliphatic hydroxyl groups is 1. The minimum absolute atomic E-state index is 0.00335. The Morgan fingerprint density at radius 3 is 2.90 bits per heavy atom. The number of halogens is 1. The van der Waals surface area contributed by atoms with Gasteiger partial charge in [0.15, 0.2) is 0 Å². The monoisotopic (exact) mass is 311 g/mol. The van der Waals surface area contributed by atoms with Crippen molar-refractivity contribution < 1.29 is 14.7 Å². The minimum Gasteiger partial charge on any atom is -0.392 e. The number of nitrogens with zero attached hydrogens (tertiary/aromatic N) is 1. The second-order valence-electron chi connectivity index (χ2n) is 5.20. The van der Waals surface area contributed by atoms with Crippen LogP contribution in [0.4, 0.5) is 5.69 Å². The minimum atomic E-state index is -0.636. The molecule has 1 aliphatic rings. The van der Waals surface area contributed by atoms with Crippen molar-refractivity contribution in [3.8, 4) is 0 Å². The Kier molecular flexibility index (Phi) is 4.82. The van der Waals surface area contributed by atoms with Crippen LogP contribution in [0, 0.1) is 6.92 Å². The summed E-state index contributed by atoms with van der Waals surface area (Å²) >= 11 is 6.00. The van der Waals surface area contributed by atoms with Crippen LogP contribution in [0.2, 0.25) is 5.02 Å². The number of rotatable bonds is 4. The average molecular weight is 312 g/mol. The van der Waals surface area contributed by atoms with E-state index in [0.29, 0.717) is 10.7 Å². The number of hydrogen-bond donors (Lipinski definition) is 3. The summed E-state index contributed by atoms with van der Waals surface area (Å²) in [5, 5.41) is 12.9. The van der Waals surface area contributed by atoms with Crippen molar-refractivity contribution in [3.05, 3.63) is 28.8 Å². The van der Waals surface area contributed by atoms with E-state index in [1.165, 1.54) is 0 Å². The number of benzene rings is 1. The largest absolute Gasteiger partial charge is 0.392 e. The first-order valence-electron chi connectivity index (χ1n) is 6.65. The first kappa shape index (κ1) is 15.8. The molecule has 1 aliphatic heterocycles. The Morgan fingerprint density at radius 2 is 2.24 bits per heavy atom. The van der Waals surface area contributed by atoms with Crippen molar-refractivity contribution in [3.63, 3.8) is 0 Å². The topological polar surface area (TPSA) is 95.7 Å². The third-order valence-electron chi connectivity index (χ3n) is 3.60. The first-order chi connectivity index (χ1) is 9.88. The lowest BCUT2D eigenvalue weighted by molar-refractivity contribution is -0.123. The molecule has 1 fully saturated rings. The normalized spacial score (nSPS) is 22.2. The van der Waals surface area contributed by atoms with Crippen molar-refractivity contribution in [1.29, 1.82) is 0 Å². The molecule has 2 rings (SSSR count). The summed E-state index contributed by atoms with van der Waals surface area (Å²) in [6.07, 6.45) is -0.373. The molecule has 7 heteroatoms. The Bertz CT molecular complexity index is 564. The molecule has 1 aromatic rings. The number of amides is 2. The van der Waals surface area contributed by atoms with Crippen LogP contribution in [-0.2, 0) is 9.59 Å². The Hall–Kier alpha value is -1.63. The van der Waals surface area contributed by atoms with E-state index < -0.39 is 18.1 Å². The summed E-state index contributed by atoms with van der Waals surface area (Å²) < 4.78 is 0. The first-order valence-corrected chi connectivity index (χ1v) is 7.02. The summed E-state index contributed by atoms with van der Waals surface area (Å²) in [5.41, 5.74) is 6.69. The molecule has 114 valence electrons. The molecular weight excluding hydrogens is 294 g/mol. The maximum Gasteiger partial charge on any atom is 0.238 e. The van der Waals surface area contributed by atoms with Crippen LogP contribution in [0.1, 0.15) is 12.0 Å². The smallest absolute Gasteiger partial charge is 0.238 e. The molecule has 0 unspecified atom stereocenters. The van der Waals surface area contributed by atoms with Gasteiger partial charge < -0.3 is 16.2 Å². The number of β-amino-alcohol motifs (C(OH)–C–C–N with tert-alkyl or cyclic N) is 1. The van der Waals surface area contributed by atoms with Gasteiger partial charge in [-0.05, 0) is 31.0 Å². The van der Waals surface area contributed by atoms with Gasteiger partial charge in [0.25, 0.3) is 0 Å². The third kappa shape index (κ3) is 3.72. The lowest BCUT2D eigenvalue weighted by atomic mass is 10.2. The van der Waals surface area contributed by atoms with Crippen molar-refractivity contribution in [2.45, 2.75) is 25.5 Å². The van der Waals surface area contributed by atoms with E-state index in [-0.39, 0.29) is 25.4 Å². The lowest BCUT2D eigenvalue weighted by Gasteiger charge is -2.21. The number of nitrogens with one attached hydrogen (secondary N) is 1. The van der Waals surface area contributed by atoms with Gasteiger partial charge in [0.05, 0.1) is 18.7 Å². The number of nitrogens with two attached hydrogens (primary N) is 1. The second kappa shape index (κ2) is 6.43. The number of aliphatic hydroxyl groups excluding tert-OH is 1. The SMILES string of the molecule is Cc1c(Cl)cccc1NC(=O)CN1C[C@H](O)C[C@H]1C(N)=O. The van der Waals surface area contributed by atoms with Crippen LogP contribution in [0.15, 0.2) is 18.2 Å². The number of carbonyl (C=O) groups is 2. The quantitative estimate of drug-likeness (QED) is 0.755. The maximum atomic E-state index is 12.1. The predicted molar refractivity (Wildman–Crippen MR) is 80.0 cm³/mol. The van der Waals surface area contributed by atoms with E-state index in [2.05, 4.69) is 5.32 Å². The molecule has 2 amide bonds. The standard InChI is InChI=1S/C14H18ClN3O3/c1-8-10(15)3-2-4-11(8)17-13(20)7-18-6-9(19)5-12(18)14(16)21/h2-4,9,12,19H,5-7H2,1H3,(H2,16,21)(H,17,20)/t9-,12+/m1/s1. The molecule has 1 heterocycles. The van der Waals surface area contributed by atoms with Gasteiger partial charge >= 0.3 is 0 Å². The van der Waals surface area contributed by atoms with Crippen LogP contribution in [0.3, 0.4) is 0 Å². The lowest BCUT2D eigenvalue weighted by Crippen LogP contribution is -2.44. The average Bonchev–Trinajstić information content (AvgIpc) is 2.76. The fourth-order valence-electron chi connectivity index (χ4n) is 2.47. The zero-order valence-corrected chi connectivity index (χ0v) is 12.4. The van der Waals surface area contributed by atoms with Gasteiger partial charge in [-0.2, -0.15) is 0 Å². The van der Waals surface area contributed by atoms with Crippen LogP contribution >= 0.6 is 11.6 Å². The van der Waals surface area contributed by atoms with Crippen LogP contribution < -0.4 is 11.1 Å². The zero-order valence-electron chi connectivity index (χ0n) is 11.7. The molecule has 0 saturated carbocycles. The van der Waals surface area contributed by atoms with E-state index in [4.69, 9.17) is 17.3 Å². The Morgan fingerprint density at radius 1 is 1.52 bits per heavy atom. The molecule has 1 saturated heterocycles. The van der Waals surface area contributed by atoms with Crippen LogP contribution in [-0.4, -0.2) is 47.1 Å². The van der Waals surface area contributed by atoms with Gasteiger partial charge in [-0.15, -0.1) is 0 Å².